The third-order valence-electron chi connectivity index (χ3n) is 6.11. The number of rotatable bonds is 6. The van der Waals surface area contributed by atoms with Gasteiger partial charge < -0.3 is 20.1 Å². The van der Waals surface area contributed by atoms with Crippen LogP contribution in [0.1, 0.15) is 23.1 Å². The third-order valence-corrected chi connectivity index (χ3v) is 6.11. The van der Waals surface area contributed by atoms with Crippen LogP contribution in [0.2, 0.25) is 0 Å². The molecular weight excluding hydrogens is 378 g/mol. The molecule has 0 saturated carbocycles. The number of carbonyl (C=O) groups excluding carboxylic acids is 1. The van der Waals surface area contributed by atoms with Crippen molar-refractivity contribution in [3.05, 3.63) is 53.1 Å². The van der Waals surface area contributed by atoms with Crippen LogP contribution in [0.4, 0.5) is 11.4 Å². The van der Waals surface area contributed by atoms with Crippen molar-refractivity contribution in [3.8, 4) is 5.75 Å². The summed E-state index contributed by atoms with van der Waals surface area (Å²) in [5.74, 6) is 0.799. The minimum absolute atomic E-state index is 0.0594. The van der Waals surface area contributed by atoms with Gasteiger partial charge in [0.15, 0.2) is 0 Å². The fourth-order valence-corrected chi connectivity index (χ4v) is 4.10. The zero-order valence-electron chi connectivity index (χ0n) is 17.9. The molecule has 2 N–H and O–H groups in total. The van der Waals surface area contributed by atoms with Crippen molar-refractivity contribution in [2.24, 2.45) is 0 Å². The summed E-state index contributed by atoms with van der Waals surface area (Å²) in [6.07, 6.45) is 0.702. The van der Waals surface area contributed by atoms with E-state index in [9.17, 15) is 9.90 Å². The van der Waals surface area contributed by atoms with Crippen LogP contribution < -0.4 is 15.0 Å². The Balaban J connectivity index is 1.23. The number of ether oxygens (including phenoxy) is 1. The van der Waals surface area contributed by atoms with Crippen LogP contribution in [0.5, 0.6) is 5.75 Å². The maximum atomic E-state index is 11.5. The Morgan fingerprint density at radius 3 is 2.60 bits per heavy atom. The molecule has 2 aliphatic rings. The molecule has 1 amide bonds. The van der Waals surface area contributed by atoms with Gasteiger partial charge in [-0.2, -0.15) is 0 Å². The Hall–Kier alpha value is -2.57. The van der Waals surface area contributed by atoms with E-state index in [1.807, 2.05) is 18.2 Å². The van der Waals surface area contributed by atoms with Gasteiger partial charge in [-0.3, -0.25) is 9.69 Å². The van der Waals surface area contributed by atoms with E-state index in [2.05, 4.69) is 47.2 Å². The zero-order valence-corrected chi connectivity index (χ0v) is 17.9. The van der Waals surface area contributed by atoms with E-state index in [0.717, 1.165) is 49.6 Å². The Bertz CT molecular complexity index is 907. The lowest BCUT2D eigenvalue weighted by Crippen LogP contribution is -2.49. The normalized spacial score (nSPS) is 18.0. The number of aliphatic hydroxyl groups is 1. The minimum Gasteiger partial charge on any atom is -0.491 e. The first kappa shape index (κ1) is 20.7. The van der Waals surface area contributed by atoms with E-state index in [-0.39, 0.29) is 12.5 Å². The molecule has 2 aromatic carbocycles. The molecule has 6 nitrogen and oxygen atoms in total. The number of nitrogens with one attached hydrogen (secondary N) is 1. The summed E-state index contributed by atoms with van der Waals surface area (Å²) in [6, 6.07) is 12.3. The average molecular weight is 410 g/mol. The maximum Gasteiger partial charge on any atom is 0.224 e. The Morgan fingerprint density at radius 1 is 1.03 bits per heavy atom. The van der Waals surface area contributed by atoms with Crippen LogP contribution in [0.3, 0.4) is 0 Å². The van der Waals surface area contributed by atoms with Crippen LogP contribution in [0.15, 0.2) is 36.4 Å². The van der Waals surface area contributed by atoms with Crippen LogP contribution in [-0.2, 0) is 11.2 Å². The van der Waals surface area contributed by atoms with E-state index in [1.54, 1.807) is 0 Å². The molecule has 0 radical (unpaired) electrons. The summed E-state index contributed by atoms with van der Waals surface area (Å²) >= 11 is 0. The second-order valence-electron chi connectivity index (χ2n) is 8.39. The topological polar surface area (TPSA) is 65.0 Å². The molecule has 1 atom stereocenters. The first-order chi connectivity index (χ1) is 14.5. The smallest absolute Gasteiger partial charge is 0.224 e. The Labute approximate surface area is 178 Å². The van der Waals surface area contributed by atoms with E-state index in [4.69, 9.17) is 4.74 Å². The van der Waals surface area contributed by atoms with Crippen LogP contribution >= 0.6 is 0 Å². The molecule has 2 aromatic rings. The summed E-state index contributed by atoms with van der Waals surface area (Å²) in [6.45, 7) is 8.97. The highest BCUT2D eigenvalue weighted by Crippen LogP contribution is 2.27. The monoisotopic (exact) mass is 409 g/mol. The summed E-state index contributed by atoms with van der Waals surface area (Å²) < 4.78 is 5.82. The van der Waals surface area contributed by atoms with Crippen LogP contribution in [-0.4, -0.2) is 61.3 Å². The number of fused-ring (bicyclic) bond motifs is 1. The molecule has 1 fully saturated rings. The number of nitrogens with zero attached hydrogens (tertiary/aromatic N) is 2. The van der Waals surface area contributed by atoms with E-state index in [1.165, 1.54) is 16.8 Å². The van der Waals surface area contributed by atoms with Crippen molar-refractivity contribution < 1.29 is 14.6 Å². The number of anilines is 2. The maximum absolute atomic E-state index is 11.5. The number of amides is 1. The largest absolute Gasteiger partial charge is 0.491 e. The Kier molecular flexibility index (Phi) is 6.25. The molecule has 0 aromatic heterocycles. The second kappa shape index (κ2) is 9.06. The molecule has 0 aliphatic carbocycles. The quantitative estimate of drug-likeness (QED) is 0.768. The summed E-state index contributed by atoms with van der Waals surface area (Å²) in [7, 11) is 0. The fourth-order valence-electron chi connectivity index (χ4n) is 4.10. The highest BCUT2D eigenvalue weighted by atomic mass is 16.5. The van der Waals surface area contributed by atoms with E-state index < -0.39 is 6.10 Å². The lowest BCUT2D eigenvalue weighted by molar-refractivity contribution is -0.116. The zero-order chi connectivity index (χ0) is 21.1. The van der Waals surface area contributed by atoms with Crippen molar-refractivity contribution in [1.82, 2.24) is 4.90 Å². The molecule has 30 heavy (non-hydrogen) atoms. The van der Waals surface area contributed by atoms with Gasteiger partial charge in [-0.05, 0) is 67.3 Å². The summed E-state index contributed by atoms with van der Waals surface area (Å²) in [4.78, 5) is 16.2. The fraction of sp³-hybridized carbons (Fsp3) is 0.458. The Morgan fingerprint density at radius 2 is 1.83 bits per heavy atom. The second-order valence-corrected chi connectivity index (χ2v) is 8.39. The van der Waals surface area contributed by atoms with Gasteiger partial charge in [0.25, 0.3) is 0 Å². The average Bonchev–Trinajstić information content (AvgIpc) is 2.75. The molecule has 4 rings (SSSR count). The predicted molar refractivity (Wildman–Crippen MR) is 119 cm³/mol. The van der Waals surface area contributed by atoms with Crippen molar-refractivity contribution in [2.75, 3.05) is 49.5 Å². The number of aliphatic hydroxyl groups excluding tert-OH is 1. The van der Waals surface area contributed by atoms with Gasteiger partial charge in [-0.25, -0.2) is 0 Å². The molecule has 0 spiro atoms. The molecule has 0 bridgehead atoms. The molecule has 2 heterocycles. The van der Waals surface area contributed by atoms with Crippen molar-refractivity contribution in [1.29, 1.82) is 0 Å². The summed E-state index contributed by atoms with van der Waals surface area (Å²) in [5, 5.41) is 13.3. The molecule has 6 heteroatoms. The molecular formula is C24H31N3O3. The summed E-state index contributed by atoms with van der Waals surface area (Å²) in [5.41, 5.74) is 5.88. The van der Waals surface area contributed by atoms with Crippen molar-refractivity contribution in [3.63, 3.8) is 0 Å². The molecule has 0 unspecified atom stereocenters. The van der Waals surface area contributed by atoms with Gasteiger partial charge in [0, 0.05) is 50.5 Å². The lowest BCUT2D eigenvalue weighted by Gasteiger charge is -2.37. The van der Waals surface area contributed by atoms with Gasteiger partial charge >= 0.3 is 0 Å². The molecule has 1 saturated heterocycles. The predicted octanol–water partition coefficient (Wildman–Crippen LogP) is 2.75. The molecule has 160 valence electrons. The molecule has 2 aliphatic heterocycles. The van der Waals surface area contributed by atoms with Gasteiger partial charge in [0.2, 0.25) is 5.91 Å². The highest BCUT2D eigenvalue weighted by molar-refractivity contribution is 5.94. The number of hydrogen-bond donors (Lipinski definition) is 2. The van der Waals surface area contributed by atoms with Crippen LogP contribution in [0.25, 0.3) is 0 Å². The third kappa shape index (κ3) is 4.94. The first-order valence-corrected chi connectivity index (χ1v) is 10.8. The number of piperazine rings is 1. The van der Waals surface area contributed by atoms with E-state index >= 15 is 0 Å². The SMILES string of the molecule is Cc1ccc(N2CCN(C[C@H](O)COc3ccc4c(c3)CCC(=O)N4)CC2)cc1C. The number of hydrogen-bond acceptors (Lipinski definition) is 5. The van der Waals surface area contributed by atoms with Gasteiger partial charge in [-0.15, -0.1) is 0 Å². The highest BCUT2D eigenvalue weighted by Gasteiger charge is 2.20. The minimum atomic E-state index is -0.533. The van der Waals surface area contributed by atoms with Gasteiger partial charge in [0.05, 0.1) is 0 Å². The van der Waals surface area contributed by atoms with E-state index in [0.29, 0.717) is 13.0 Å². The lowest BCUT2D eigenvalue weighted by atomic mass is 10.0. The first-order valence-electron chi connectivity index (χ1n) is 10.8. The van der Waals surface area contributed by atoms with Gasteiger partial charge in [0.1, 0.15) is 18.5 Å². The number of carbonyl (C=O) groups is 1. The number of β-amino-alcohol motifs (C(OH)–C–C–N with tert-alkyl or cyclic N) is 1. The van der Waals surface area contributed by atoms with Crippen molar-refractivity contribution >= 4 is 17.3 Å². The standard InChI is InChI=1S/C24H31N3O3/c1-17-3-5-20(13-18(17)2)27-11-9-26(10-12-27)15-21(28)16-30-22-6-7-23-19(14-22)4-8-24(29)25-23/h3,5-7,13-14,21,28H,4,8-12,15-16H2,1-2H3,(H,25,29)/t21-/m0/s1. The van der Waals surface area contributed by atoms with Crippen LogP contribution in [0, 0.1) is 13.8 Å². The van der Waals surface area contributed by atoms with Crippen molar-refractivity contribution in [2.45, 2.75) is 32.8 Å². The number of benzene rings is 2. The van der Waals surface area contributed by atoms with Gasteiger partial charge in [-0.1, -0.05) is 6.07 Å². The number of aryl methyl sites for hydroxylation is 3.